The van der Waals surface area contributed by atoms with E-state index < -0.39 is 0 Å². The van der Waals surface area contributed by atoms with Crippen LogP contribution in [0.5, 0.6) is 0 Å². The van der Waals surface area contributed by atoms with Crippen molar-refractivity contribution in [3.05, 3.63) is 0 Å². The molecule has 0 bridgehead atoms. The van der Waals surface area contributed by atoms with Gasteiger partial charge in [0, 0.05) is 0 Å². The Morgan fingerprint density at radius 3 is 2.60 bits per heavy atom. The maximum absolute atomic E-state index is 4.36. The molecule has 0 aliphatic heterocycles. The molecule has 0 saturated carbocycles. The van der Waals surface area contributed by atoms with Gasteiger partial charge < -0.3 is 4.84 Å². The first kappa shape index (κ1) is 5.27. The quantitative estimate of drug-likeness (QED) is 0.285. The van der Waals surface area contributed by atoms with Crippen LogP contribution in [-0.4, -0.2) is 13.0 Å². The van der Waals surface area contributed by atoms with Gasteiger partial charge in [0.1, 0.15) is 0 Å². The van der Waals surface area contributed by atoms with Gasteiger partial charge in [0.05, 0.1) is 13.0 Å². The molecule has 0 amide bonds. The van der Waals surface area contributed by atoms with Crippen LogP contribution in [0.25, 0.3) is 0 Å². The lowest BCUT2D eigenvalue weighted by Gasteiger charge is -1.88. The van der Waals surface area contributed by atoms with Gasteiger partial charge in [0.25, 0.3) is 0 Å². The lowest BCUT2D eigenvalue weighted by atomic mass is 11.5. The lowest BCUT2D eigenvalue weighted by Crippen LogP contribution is -2.06. The molecule has 3 heteroatoms. The molecular weight excluding hydrogens is 86.1 g/mol. The first-order valence-electron chi connectivity index (χ1n) is 1.28. The van der Waals surface area contributed by atoms with Gasteiger partial charge in [-0.15, -0.1) is 0 Å². The zero-order valence-corrected chi connectivity index (χ0v) is 3.96. The smallest absolute Gasteiger partial charge is 0.0636 e. The van der Waals surface area contributed by atoms with Gasteiger partial charge in [-0.25, -0.2) is 0 Å². The molecule has 0 atom stereocenters. The Morgan fingerprint density at radius 2 is 2.60 bits per heavy atom. The third kappa shape index (κ3) is 4.27. The van der Waals surface area contributed by atoms with Crippen LogP contribution in [-0.2, 0) is 4.84 Å². The fourth-order valence-electron chi connectivity index (χ4n) is 0.0645. The number of thiol groups is 1. The van der Waals surface area contributed by atoms with E-state index in [-0.39, 0.29) is 0 Å². The predicted octanol–water partition coefficient (Wildman–Crippen LogP) is 0.0247. The third-order valence-electron chi connectivity index (χ3n) is 0.209. The first-order chi connectivity index (χ1) is 2.41. The van der Waals surface area contributed by atoms with E-state index in [1.54, 1.807) is 7.11 Å². The average Bonchev–Trinajstić information content (AvgIpc) is 1.41. The topological polar surface area (TPSA) is 21.3 Å². The van der Waals surface area contributed by atoms with Crippen LogP contribution >= 0.6 is 12.6 Å². The molecule has 0 unspecified atom stereocenters. The second kappa shape index (κ2) is 4.27. The van der Waals surface area contributed by atoms with E-state index in [4.69, 9.17) is 0 Å². The van der Waals surface area contributed by atoms with E-state index in [0.29, 0.717) is 5.88 Å². The Morgan fingerprint density at radius 1 is 2.00 bits per heavy atom. The van der Waals surface area contributed by atoms with Crippen LogP contribution in [0.1, 0.15) is 0 Å². The summed E-state index contributed by atoms with van der Waals surface area (Å²) in [6, 6.07) is 0. The highest BCUT2D eigenvalue weighted by molar-refractivity contribution is 7.80. The molecule has 0 aliphatic carbocycles. The van der Waals surface area contributed by atoms with Crippen molar-refractivity contribution in [2.24, 2.45) is 0 Å². The van der Waals surface area contributed by atoms with Crippen molar-refractivity contribution in [2.75, 3.05) is 13.0 Å². The summed E-state index contributed by atoms with van der Waals surface area (Å²) in [5.74, 6) is 0.566. The molecule has 0 fully saturated rings. The Hall–Kier alpha value is 0.270. The summed E-state index contributed by atoms with van der Waals surface area (Å²) in [5.41, 5.74) is 2.48. The third-order valence-corrected chi connectivity index (χ3v) is 0.338. The Balaban J connectivity index is 2.19. The Labute approximate surface area is 36.9 Å². The van der Waals surface area contributed by atoms with E-state index in [2.05, 4.69) is 22.9 Å². The van der Waals surface area contributed by atoms with Gasteiger partial charge in [-0.2, -0.15) is 18.1 Å². The van der Waals surface area contributed by atoms with Gasteiger partial charge in [-0.05, 0) is 0 Å². The Kier molecular flexibility index (Phi) is 4.50. The number of nitrogens with one attached hydrogen (secondary N) is 1. The largest absolute Gasteiger partial charge is 0.304 e. The highest BCUT2D eigenvalue weighted by atomic mass is 32.1. The van der Waals surface area contributed by atoms with Gasteiger partial charge >= 0.3 is 0 Å². The summed E-state index contributed by atoms with van der Waals surface area (Å²) in [5, 5.41) is 0. The van der Waals surface area contributed by atoms with E-state index in [9.17, 15) is 0 Å². The maximum atomic E-state index is 4.36. The standard InChI is InChI=1S/C2H7NOS/c1-4-3-2-5/h3,5H,2H2,1H3. The van der Waals surface area contributed by atoms with Crippen LogP contribution in [0.4, 0.5) is 0 Å². The summed E-state index contributed by atoms with van der Waals surface area (Å²) in [7, 11) is 1.55. The zero-order valence-electron chi connectivity index (χ0n) is 3.06. The number of hydrogen-bond donors (Lipinski definition) is 2. The number of hydroxylamine groups is 1. The fourth-order valence-corrected chi connectivity index (χ4v) is 0.194. The van der Waals surface area contributed by atoms with Crippen molar-refractivity contribution in [1.82, 2.24) is 5.48 Å². The van der Waals surface area contributed by atoms with Crippen molar-refractivity contribution >= 4 is 12.6 Å². The zero-order chi connectivity index (χ0) is 4.12. The summed E-state index contributed by atoms with van der Waals surface area (Å²) in [6.45, 7) is 0. The Bertz CT molecular complexity index is 17.1. The second-order valence-electron chi connectivity index (χ2n) is 0.507. The molecule has 0 aromatic heterocycles. The maximum Gasteiger partial charge on any atom is 0.0636 e. The van der Waals surface area contributed by atoms with Crippen molar-refractivity contribution in [3.63, 3.8) is 0 Å². The highest BCUT2D eigenvalue weighted by Gasteiger charge is 1.61. The molecule has 0 radical (unpaired) electrons. The average molecular weight is 93.2 g/mol. The van der Waals surface area contributed by atoms with Crippen molar-refractivity contribution in [3.8, 4) is 0 Å². The van der Waals surface area contributed by atoms with Gasteiger partial charge in [0.2, 0.25) is 0 Å². The van der Waals surface area contributed by atoms with Crippen molar-refractivity contribution in [2.45, 2.75) is 0 Å². The summed E-state index contributed by atoms with van der Waals surface area (Å²) in [4.78, 5) is 4.36. The minimum atomic E-state index is 0.566. The molecule has 0 rings (SSSR count). The van der Waals surface area contributed by atoms with E-state index in [1.807, 2.05) is 0 Å². The van der Waals surface area contributed by atoms with E-state index >= 15 is 0 Å². The second-order valence-corrected chi connectivity index (χ2v) is 0.823. The van der Waals surface area contributed by atoms with Gasteiger partial charge in [0.15, 0.2) is 0 Å². The summed E-state index contributed by atoms with van der Waals surface area (Å²) < 4.78 is 0. The van der Waals surface area contributed by atoms with Gasteiger partial charge in [-0.3, -0.25) is 0 Å². The highest BCUT2D eigenvalue weighted by Crippen LogP contribution is 1.59. The molecule has 0 aromatic carbocycles. The molecule has 2 nitrogen and oxygen atoms in total. The van der Waals surface area contributed by atoms with Crippen molar-refractivity contribution in [1.29, 1.82) is 0 Å². The van der Waals surface area contributed by atoms with E-state index in [0.717, 1.165) is 0 Å². The minimum absolute atomic E-state index is 0.566. The van der Waals surface area contributed by atoms with Crippen molar-refractivity contribution < 1.29 is 4.84 Å². The molecule has 32 valence electrons. The normalized spacial score (nSPS) is 8.40. The molecule has 0 aromatic rings. The van der Waals surface area contributed by atoms with Crippen LogP contribution in [0.15, 0.2) is 0 Å². The van der Waals surface area contributed by atoms with Crippen LogP contribution in [0.3, 0.4) is 0 Å². The number of hydrogen-bond acceptors (Lipinski definition) is 3. The predicted molar refractivity (Wildman–Crippen MR) is 24.0 cm³/mol. The SMILES string of the molecule is CONCS. The lowest BCUT2D eigenvalue weighted by molar-refractivity contribution is 0.108. The first-order valence-corrected chi connectivity index (χ1v) is 1.91. The summed E-state index contributed by atoms with van der Waals surface area (Å²) >= 11 is 3.76. The monoisotopic (exact) mass is 93.0 g/mol. The molecule has 1 N–H and O–H groups in total. The molecule has 0 spiro atoms. The summed E-state index contributed by atoms with van der Waals surface area (Å²) in [6.07, 6.45) is 0. The molecule has 0 aliphatic rings. The van der Waals surface area contributed by atoms with Crippen LogP contribution < -0.4 is 5.48 Å². The molecule has 0 heterocycles. The minimum Gasteiger partial charge on any atom is -0.304 e. The fraction of sp³-hybridized carbons (Fsp3) is 1.00. The molecular formula is C2H7NOS. The van der Waals surface area contributed by atoms with E-state index in [1.165, 1.54) is 0 Å². The van der Waals surface area contributed by atoms with Gasteiger partial charge in [-0.1, -0.05) is 0 Å². The van der Waals surface area contributed by atoms with Crippen LogP contribution in [0, 0.1) is 0 Å². The van der Waals surface area contributed by atoms with Crippen LogP contribution in [0.2, 0.25) is 0 Å². The molecule has 5 heavy (non-hydrogen) atoms. The number of rotatable bonds is 2. The molecule has 0 saturated heterocycles.